The Labute approximate surface area is 120 Å². The summed E-state index contributed by atoms with van der Waals surface area (Å²) in [4.78, 5) is 8.20. The highest BCUT2D eigenvalue weighted by molar-refractivity contribution is 7.91. The third-order valence-corrected chi connectivity index (χ3v) is 4.30. The molecule has 0 atom stereocenters. The fourth-order valence-electron chi connectivity index (χ4n) is 1.92. The minimum Gasteiger partial charge on any atom is -0.381 e. The number of amidine groups is 1. The number of benzene rings is 1. The van der Waals surface area contributed by atoms with Crippen LogP contribution in [0.2, 0.25) is 0 Å². The first-order valence-electron chi connectivity index (χ1n) is 5.87. The molecule has 1 aromatic heterocycles. The van der Waals surface area contributed by atoms with E-state index in [1.54, 1.807) is 18.2 Å². The van der Waals surface area contributed by atoms with Crippen LogP contribution in [0.5, 0.6) is 0 Å². The zero-order valence-electron chi connectivity index (χ0n) is 10.9. The first-order chi connectivity index (χ1) is 9.90. The average Bonchev–Trinajstić information content (AvgIpc) is 2.45. The van der Waals surface area contributed by atoms with Gasteiger partial charge in [-0.2, -0.15) is 8.42 Å². The molecule has 3 rings (SSSR count). The predicted octanol–water partition coefficient (Wildman–Crippen LogP) is 0.683. The molecule has 0 saturated carbocycles. The van der Waals surface area contributed by atoms with Crippen LogP contribution in [0.1, 0.15) is 5.69 Å². The van der Waals surface area contributed by atoms with Gasteiger partial charge in [-0.25, -0.2) is 18.7 Å². The van der Waals surface area contributed by atoms with Gasteiger partial charge in [0.25, 0.3) is 0 Å². The summed E-state index contributed by atoms with van der Waals surface area (Å²) >= 11 is 0. The van der Waals surface area contributed by atoms with E-state index in [4.69, 9.17) is 5.73 Å². The largest absolute Gasteiger partial charge is 0.381 e. The summed E-state index contributed by atoms with van der Waals surface area (Å²) < 4.78 is 41.4. The summed E-state index contributed by atoms with van der Waals surface area (Å²) in [5.41, 5.74) is 6.22. The number of hydrogen-bond donors (Lipinski definition) is 1. The van der Waals surface area contributed by atoms with Crippen molar-refractivity contribution in [3.8, 4) is 11.3 Å². The Kier molecular flexibility index (Phi) is 2.87. The van der Waals surface area contributed by atoms with E-state index < -0.39 is 16.0 Å². The molecule has 0 saturated heterocycles. The summed E-state index contributed by atoms with van der Waals surface area (Å²) in [6.07, 6.45) is 1.29. The molecule has 0 spiro atoms. The number of nitrogens with two attached hydrogens (primary N) is 1. The first kappa shape index (κ1) is 13.4. The number of rotatable bonds is 1. The Hall–Kier alpha value is -2.55. The van der Waals surface area contributed by atoms with E-state index in [0.29, 0.717) is 0 Å². The molecule has 9 heteroatoms. The third kappa shape index (κ3) is 2.11. The molecule has 2 aromatic rings. The number of hydrogen-bond acceptors (Lipinski definition) is 5. The van der Waals surface area contributed by atoms with Gasteiger partial charge < -0.3 is 5.73 Å². The lowest BCUT2D eigenvalue weighted by Gasteiger charge is -2.22. The van der Waals surface area contributed by atoms with Crippen LogP contribution in [0.25, 0.3) is 11.3 Å². The Morgan fingerprint density at radius 2 is 2.00 bits per heavy atom. The minimum atomic E-state index is -3.89. The minimum absolute atomic E-state index is 0.0580. The molecule has 1 aliphatic heterocycles. The summed E-state index contributed by atoms with van der Waals surface area (Å²) in [5.74, 6) is -0.671. The van der Waals surface area contributed by atoms with Gasteiger partial charge in [0.05, 0.1) is 11.9 Å². The lowest BCUT2D eigenvalue weighted by atomic mass is 10.1. The van der Waals surface area contributed by atoms with E-state index in [9.17, 15) is 12.8 Å². The number of fused-ring (bicyclic) bond motifs is 1. The van der Waals surface area contributed by atoms with Gasteiger partial charge in [-0.3, -0.25) is 0 Å². The van der Waals surface area contributed by atoms with Crippen molar-refractivity contribution in [3.05, 3.63) is 42.0 Å². The van der Waals surface area contributed by atoms with Gasteiger partial charge in [0.1, 0.15) is 5.82 Å². The van der Waals surface area contributed by atoms with Gasteiger partial charge in [-0.15, -0.1) is 4.40 Å². The Morgan fingerprint density at radius 1 is 1.29 bits per heavy atom. The van der Waals surface area contributed by atoms with Crippen LogP contribution in [0, 0.1) is 5.82 Å². The number of halogens is 1. The molecule has 0 amide bonds. The van der Waals surface area contributed by atoms with E-state index in [1.807, 2.05) is 0 Å². The van der Waals surface area contributed by atoms with Crippen LogP contribution < -0.4 is 10.0 Å². The number of nitrogens with zero attached hydrogens (tertiary/aromatic N) is 4. The summed E-state index contributed by atoms with van der Waals surface area (Å²) in [7, 11) is -2.60. The molecule has 0 unspecified atom stereocenters. The summed E-state index contributed by atoms with van der Waals surface area (Å²) in [6, 6.07) is 6.06. The molecule has 108 valence electrons. The molecule has 0 fully saturated rings. The molecular formula is C12H10FN5O2S. The molecule has 2 N–H and O–H groups in total. The maximum atomic E-state index is 13.8. The van der Waals surface area contributed by atoms with Gasteiger partial charge in [-0.05, 0) is 12.1 Å². The molecule has 21 heavy (non-hydrogen) atoms. The lowest BCUT2D eigenvalue weighted by molar-refractivity contribution is 0.595. The second-order valence-electron chi connectivity index (χ2n) is 4.33. The second kappa shape index (κ2) is 4.48. The van der Waals surface area contributed by atoms with Crippen molar-refractivity contribution in [1.82, 2.24) is 9.97 Å². The first-order valence-corrected chi connectivity index (χ1v) is 7.26. The monoisotopic (exact) mass is 307 g/mol. The van der Waals surface area contributed by atoms with Crippen LogP contribution in [0.4, 0.5) is 10.2 Å². The molecule has 0 radical (unpaired) electrons. The lowest BCUT2D eigenvalue weighted by Crippen LogP contribution is -2.35. The normalized spacial score (nSPS) is 16.3. The van der Waals surface area contributed by atoms with E-state index >= 15 is 0 Å². The van der Waals surface area contributed by atoms with Crippen molar-refractivity contribution >= 4 is 21.9 Å². The van der Waals surface area contributed by atoms with Crippen LogP contribution >= 0.6 is 0 Å². The van der Waals surface area contributed by atoms with Gasteiger partial charge in [0, 0.05) is 12.6 Å². The van der Waals surface area contributed by atoms with Crippen molar-refractivity contribution in [3.63, 3.8) is 0 Å². The zero-order chi connectivity index (χ0) is 15.2. The standard InChI is InChI=1S/C12H10FN5O2S/c1-18-12-10(11(14)17-21(18,19)20)16-9(6-15-12)7-4-2-3-5-8(7)13/h2-6H,1H3,(H2,14,17). The van der Waals surface area contributed by atoms with Crippen LogP contribution in [-0.4, -0.2) is 31.3 Å². The van der Waals surface area contributed by atoms with Gasteiger partial charge in [0.15, 0.2) is 17.3 Å². The average molecular weight is 307 g/mol. The van der Waals surface area contributed by atoms with Crippen molar-refractivity contribution in [2.45, 2.75) is 0 Å². The van der Waals surface area contributed by atoms with Crippen molar-refractivity contribution < 1.29 is 12.8 Å². The Morgan fingerprint density at radius 3 is 2.71 bits per heavy atom. The molecular weight excluding hydrogens is 297 g/mol. The van der Waals surface area contributed by atoms with Crippen molar-refractivity contribution in [2.75, 3.05) is 11.4 Å². The van der Waals surface area contributed by atoms with E-state index in [0.717, 1.165) is 4.31 Å². The molecule has 0 aliphatic carbocycles. The quantitative estimate of drug-likeness (QED) is 0.835. The zero-order valence-corrected chi connectivity index (χ0v) is 11.7. The topological polar surface area (TPSA) is 102 Å². The molecule has 1 aromatic carbocycles. The Balaban J connectivity index is 2.20. The van der Waals surface area contributed by atoms with Gasteiger partial charge >= 0.3 is 10.2 Å². The van der Waals surface area contributed by atoms with Crippen molar-refractivity contribution in [1.29, 1.82) is 0 Å². The van der Waals surface area contributed by atoms with Crippen LogP contribution in [-0.2, 0) is 10.2 Å². The summed E-state index contributed by atoms with van der Waals surface area (Å²) in [6.45, 7) is 0. The van der Waals surface area contributed by atoms with Crippen LogP contribution in [0.15, 0.2) is 34.9 Å². The molecule has 0 bridgehead atoms. The van der Waals surface area contributed by atoms with Gasteiger partial charge in [-0.1, -0.05) is 12.1 Å². The fraction of sp³-hybridized carbons (Fsp3) is 0.0833. The van der Waals surface area contributed by atoms with Crippen molar-refractivity contribution in [2.24, 2.45) is 10.1 Å². The van der Waals surface area contributed by atoms with E-state index in [2.05, 4.69) is 14.4 Å². The highest BCUT2D eigenvalue weighted by Crippen LogP contribution is 2.27. The fourth-order valence-corrected chi connectivity index (χ4v) is 2.73. The van der Waals surface area contributed by atoms with Crippen LogP contribution in [0.3, 0.4) is 0 Å². The third-order valence-electron chi connectivity index (χ3n) is 3.00. The number of aromatic nitrogens is 2. The maximum Gasteiger partial charge on any atom is 0.347 e. The van der Waals surface area contributed by atoms with E-state index in [1.165, 1.54) is 19.3 Å². The van der Waals surface area contributed by atoms with E-state index in [-0.39, 0.29) is 28.6 Å². The molecule has 1 aliphatic rings. The maximum absolute atomic E-state index is 13.8. The molecule has 2 heterocycles. The molecule has 7 nitrogen and oxygen atoms in total. The SMILES string of the molecule is CN1c2ncc(-c3ccccc3F)nc2C(N)=NS1(=O)=O. The highest BCUT2D eigenvalue weighted by Gasteiger charge is 2.30. The summed E-state index contributed by atoms with van der Waals surface area (Å²) in [5, 5.41) is 0. The predicted molar refractivity (Wildman–Crippen MR) is 75.5 cm³/mol. The smallest absolute Gasteiger partial charge is 0.347 e. The number of anilines is 1. The Bertz CT molecular complexity index is 866. The highest BCUT2D eigenvalue weighted by atomic mass is 32.2. The second-order valence-corrected chi connectivity index (χ2v) is 5.96. The van der Waals surface area contributed by atoms with Gasteiger partial charge in [0.2, 0.25) is 0 Å².